The van der Waals surface area contributed by atoms with Crippen molar-refractivity contribution >= 4 is 17.7 Å². The fourth-order valence-electron chi connectivity index (χ4n) is 8.66. The van der Waals surface area contributed by atoms with Crippen molar-refractivity contribution in [2.24, 2.45) is 46.3 Å². The molecule has 0 bridgehead atoms. The number of esters is 2. The van der Waals surface area contributed by atoms with Gasteiger partial charge in [0.05, 0.1) is 7.11 Å². The van der Waals surface area contributed by atoms with Gasteiger partial charge >= 0.3 is 11.9 Å². The lowest BCUT2D eigenvalue weighted by Gasteiger charge is -2.61. The maximum absolute atomic E-state index is 12.5. The van der Waals surface area contributed by atoms with Gasteiger partial charge in [0.2, 0.25) is 0 Å². The van der Waals surface area contributed by atoms with Crippen LogP contribution in [0.3, 0.4) is 0 Å². The Morgan fingerprint density at radius 1 is 1.18 bits per heavy atom. The molecule has 6 heteroatoms. The average molecular weight is 461 g/mol. The van der Waals surface area contributed by atoms with Crippen LogP contribution in [0.25, 0.3) is 0 Å². The van der Waals surface area contributed by atoms with Crippen LogP contribution >= 0.6 is 0 Å². The first-order valence-electron chi connectivity index (χ1n) is 12.7. The lowest BCUT2D eigenvalue weighted by molar-refractivity contribution is -0.189. The first-order chi connectivity index (χ1) is 15.5. The summed E-state index contributed by atoms with van der Waals surface area (Å²) in [5.41, 5.74) is -0.344. The second kappa shape index (κ2) is 8.74. The number of ether oxygens (including phenoxy) is 2. The molecule has 0 radical (unpaired) electrons. The number of hydrogen-bond donors (Lipinski definition) is 1. The predicted octanol–water partition coefficient (Wildman–Crippen LogP) is 5.01. The number of fused-ring (bicyclic) bond motifs is 5. The summed E-state index contributed by atoms with van der Waals surface area (Å²) in [6.07, 6.45) is 8.17. The first-order valence-corrected chi connectivity index (χ1v) is 12.7. The Morgan fingerprint density at radius 2 is 1.91 bits per heavy atom. The van der Waals surface area contributed by atoms with Gasteiger partial charge in [-0.2, -0.15) is 0 Å². The zero-order chi connectivity index (χ0) is 24.1. The Labute approximate surface area is 197 Å². The van der Waals surface area contributed by atoms with E-state index in [1.165, 1.54) is 14.0 Å². The molecule has 0 aliphatic heterocycles. The standard InChI is InChI=1S/C27H40O6/c1-15(6-11-25(31)32-5)19-9-10-20-18-8-7-17-12-22(29)23(30)14-26(17,3)21(18)13-24(27(19,20)4)33-16(2)28/h12,15,17-21,24,29H,6-11,13-14H2,1-5H3. The third-order valence-electron chi connectivity index (χ3n) is 10.3. The van der Waals surface area contributed by atoms with E-state index >= 15 is 0 Å². The van der Waals surface area contributed by atoms with Crippen LogP contribution in [0.5, 0.6) is 0 Å². The summed E-state index contributed by atoms with van der Waals surface area (Å²) in [5.74, 6) is 1.44. The van der Waals surface area contributed by atoms with Crippen LogP contribution in [0.2, 0.25) is 0 Å². The quantitative estimate of drug-likeness (QED) is 0.580. The average Bonchev–Trinajstić information content (AvgIpc) is 3.11. The molecule has 0 amide bonds. The van der Waals surface area contributed by atoms with E-state index in [2.05, 4.69) is 20.8 Å². The highest BCUT2D eigenvalue weighted by Gasteiger charge is 2.65. The molecule has 0 aromatic carbocycles. The Bertz CT molecular complexity index is 848. The van der Waals surface area contributed by atoms with Gasteiger partial charge in [0, 0.05) is 25.2 Å². The van der Waals surface area contributed by atoms with Crippen molar-refractivity contribution in [3.05, 3.63) is 11.8 Å². The number of hydrogen-bond acceptors (Lipinski definition) is 6. The largest absolute Gasteiger partial charge is 0.505 e. The van der Waals surface area contributed by atoms with Crippen LogP contribution in [-0.2, 0) is 23.9 Å². The van der Waals surface area contributed by atoms with Gasteiger partial charge in [0.25, 0.3) is 0 Å². The molecule has 4 aliphatic carbocycles. The highest BCUT2D eigenvalue weighted by Crippen LogP contribution is 2.68. The maximum atomic E-state index is 12.5. The molecule has 9 unspecified atom stereocenters. The Hall–Kier alpha value is -1.85. The number of allylic oxidation sites excluding steroid dienone is 2. The molecule has 4 aliphatic rings. The van der Waals surface area contributed by atoms with Crippen LogP contribution in [0.1, 0.15) is 79.1 Å². The van der Waals surface area contributed by atoms with Crippen LogP contribution < -0.4 is 0 Å². The molecule has 3 saturated carbocycles. The van der Waals surface area contributed by atoms with E-state index in [1.807, 2.05) is 0 Å². The summed E-state index contributed by atoms with van der Waals surface area (Å²) in [6.45, 7) is 8.25. The third kappa shape index (κ3) is 3.91. The van der Waals surface area contributed by atoms with E-state index in [-0.39, 0.29) is 52.3 Å². The molecular weight excluding hydrogens is 420 g/mol. The highest BCUT2D eigenvalue weighted by molar-refractivity contribution is 5.94. The lowest BCUT2D eigenvalue weighted by Crippen LogP contribution is -2.59. The number of Topliss-reactive ketones (excluding diaryl/α,β-unsaturated/α-hetero) is 1. The number of carbonyl (C=O) groups is 3. The molecule has 6 nitrogen and oxygen atoms in total. The van der Waals surface area contributed by atoms with Gasteiger partial charge in [-0.05, 0) is 85.5 Å². The zero-order valence-electron chi connectivity index (χ0n) is 20.8. The summed E-state index contributed by atoms with van der Waals surface area (Å²) in [5, 5.41) is 10.1. The number of aliphatic hydroxyl groups is 1. The molecule has 0 saturated heterocycles. The molecule has 0 heterocycles. The number of aliphatic hydroxyl groups excluding tert-OH is 1. The molecule has 33 heavy (non-hydrogen) atoms. The summed E-state index contributed by atoms with van der Waals surface area (Å²) < 4.78 is 10.9. The van der Waals surface area contributed by atoms with Crippen LogP contribution in [-0.4, -0.2) is 36.0 Å². The molecule has 0 spiro atoms. The molecule has 0 aromatic heterocycles. The molecule has 4 rings (SSSR count). The lowest BCUT2D eigenvalue weighted by atomic mass is 9.44. The fraction of sp³-hybridized carbons (Fsp3) is 0.815. The molecule has 184 valence electrons. The van der Waals surface area contributed by atoms with Crippen LogP contribution in [0, 0.1) is 46.3 Å². The van der Waals surface area contributed by atoms with E-state index in [1.54, 1.807) is 6.08 Å². The van der Waals surface area contributed by atoms with E-state index in [9.17, 15) is 19.5 Å². The Kier molecular flexibility index (Phi) is 6.43. The van der Waals surface area contributed by atoms with E-state index in [4.69, 9.17) is 9.47 Å². The summed E-state index contributed by atoms with van der Waals surface area (Å²) >= 11 is 0. The van der Waals surface area contributed by atoms with Crippen molar-refractivity contribution in [3.8, 4) is 0 Å². The summed E-state index contributed by atoms with van der Waals surface area (Å²) in [7, 11) is 1.43. The number of methoxy groups -OCH3 is 1. The van der Waals surface area contributed by atoms with E-state index in [0.717, 1.165) is 38.5 Å². The monoisotopic (exact) mass is 460 g/mol. The molecular formula is C27H40O6. The van der Waals surface area contributed by atoms with E-state index in [0.29, 0.717) is 36.5 Å². The topological polar surface area (TPSA) is 89.9 Å². The summed E-state index contributed by atoms with van der Waals surface area (Å²) in [6, 6.07) is 0. The minimum absolute atomic E-state index is 0.0755. The molecule has 0 aromatic rings. The molecule has 3 fully saturated rings. The fourth-order valence-corrected chi connectivity index (χ4v) is 8.66. The predicted molar refractivity (Wildman–Crippen MR) is 123 cm³/mol. The minimum Gasteiger partial charge on any atom is -0.505 e. The van der Waals surface area contributed by atoms with Crippen LogP contribution in [0.4, 0.5) is 0 Å². The van der Waals surface area contributed by atoms with Crippen molar-refractivity contribution in [2.75, 3.05) is 7.11 Å². The maximum Gasteiger partial charge on any atom is 0.305 e. The summed E-state index contributed by atoms with van der Waals surface area (Å²) in [4.78, 5) is 36.5. The Morgan fingerprint density at radius 3 is 2.58 bits per heavy atom. The SMILES string of the molecule is COC(=O)CCC(C)C1CCC2C3CCC4C=C(O)C(=O)CC4(C)C3CC(OC(C)=O)C12C. The minimum atomic E-state index is -0.249. The smallest absolute Gasteiger partial charge is 0.305 e. The van der Waals surface area contributed by atoms with Gasteiger partial charge in [-0.1, -0.05) is 20.8 Å². The second-order valence-corrected chi connectivity index (χ2v) is 11.7. The highest BCUT2D eigenvalue weighted by atomic mass is 16.5. The van der Waals surface area contributed by atoms with Crippen molar-refractivity contribution in [3.63, 3.8) is 0 Å². The van der Waals surface area contributed by atoms with Crippen LogP contribution in [0.15, 0.2) is 11.8 Å². The molecule has 9 atom stereocenters. The van der Waals surface area contributed by atoms with Gasteiger partial charge in [0.15, 0.2) is 11.5 Å². The van der Waals surface area contributed by atoms with Crippen molar-refractivity contribution in [1.29, 1.82) is 0 Å². The van der Waals surface area contributed by atoms with Gasteiger partial charge in [0.1, 0.15) is 6.10 Å². The van der Waals surface area contributed by atoms with Gasteiger partial charge in [-0.15, -0.1) is 0 Å². The van der Waals surface area contributed by atoms with Crippen molar-refractivity contribution in [2.45, 2.75) is 85.2 Å². The number of rotatable bonds is 5. The van der Waals surface area contributed by atoms with Crippen molar-refractivity contribution < 1.29 is 29.0 Å². The zero-order valence-corrected chi connectivity index (χ0v) is 20.8. The second-order valence-electron chi connectivity index (χ2n) is 11.7. The first kappa shape index (κ1) is 24.3. The third-order valence-corrected chi connectivity index (χ3v) is 10.3. The van der Waals surface area contributed by atoms with E-state index < -0.39 is 0 Å². The number of carbonyl (C=O) groups excluding carboxylic acids is 3. The van der Waals surface area contributed by atoms with Gasteiger partial charge in [-0.25, -0.2) is 0 Å². The normalized spacial score (nSPS) is 42.9. The van der Waals surface area contributed by atoms with Gasteiger partial charge < -0.3 is 14.6 Å². The van der Waals surface area contributed by atoms with Crippen molar-refractivity contribution in [1.82, 2.24) is 0 Å². The Balaban J connectivity index is 1.65. The molecule has 1 N–H and O–H groups in total. The number of ketones is 1. The van der Waals surface area contributed by atoms with Gasteiger partial charge in [-0.3, -0.25) is 14.4 Å².